The SMILES string of the molecule is Cc1cccc(C(=O)N2CCC3(CCCNC3=O)CC2)n1.O=C(O)C(F)(F)F. The molecule has 28 heavy (non-hydrogen) atoms. The van der Waals surface area contributed by atoms with Gasteiger partial charge in [-0.15, -0.1) is 0 Å². The first-order chi connectivity index (χ1) is 13.0. The van der Waals surface area contributed by atoms with Crippen LogP contribution in [0.4, 0.5) is 13.2 Å². The highest BCUT2D eigenvalue weighted by atomic mass is 19.4. The van der Waals surface area contributed by atoms with Crippen LogP contribution in [0, 0.1) is 12.3 Å². The Balaban J connectivity index is 0.000000345. The quantitative estimate of drug-likeness (QED) is 0.751. The van der Waals surface area contributed by atoms with Crippen molar-refractivity contribution in [3.63, 3.8) is 0 Å². The van der Waals surface area contributed by atoms with Gasteiger partial charge < -0.3 is 15.3 Å². The van der Waals surface area contributed by atoms with Crippen molar-refractivity contribution in [3.8, 4) is 0 Å². The summed E-state index contributed by atoms with van der Waals surface area (Å²) in [5.74, 6) is -2.60. The number of carbonyl (C=O) groups excluding carboxylic acids is 2. The van der Waals surface area contributed by atoms with Gasteiger partial charge in [0.2, 0.25) is 5.91 Å². The summed E-state index contributed by atoms with van der Waals surface area (Å²) < 4.78 is 31.7. The summed E-state index contributed by atoms with van der Waals surface area (Å²) in [5, 5.41) is 10.1. The van der Waals surface area contributed by atoms with Gasteiger partial charge in [0.05, 0.1) is 5.41 Å². The van der Waals surface area contributed by atoms with E-state index in [2.05, 4.69) is 10.3 Å². The zero-order chi connectivity index (χ0) is 20.9. The molecule has 0 saturated carbocycles. The van der Waals surface area contributed by atoms with Gasteiger partial charge in [-0.2, -0.15) is 13.2 Å². The topological polar surface area (TPSA) is 99.6 Å². The van der Waals surface area contributed by atoms with Crippen LogP contribution in [0.15, 0.2) is 18.2 Å². The number of aryl methyl sites for hydroxylation is 1. The van der Waals surface area contributed by atoms with E-state index in [1.54, 1.807) is 6.07 Å². The van der Waals surface area contributed by atoms with E-state index in [1.165, 1.54) is 0 Å². The van der Waals surface area contributed by atoms with Gasteiger partial charge in [-0.05, 0) is 44.7 Å². The average molecular weight is 401 g/mol. The molecule has 3 heterocycles. The lowest BCUT2D eigenvalue weighted by molar-refractivity contribution is -0.192. The Morgan fingerprint density at radius 1 is 1.21 bits per heavy atom. The summed E-state index contributed by atoms with van der Waals surface area (Å²) in [4.78, 5) is 39.6. The normalized spacial score (nSPS) is 18.7. The number of nitrogens with one attached hydrogen (secondary N) is 1. The first-order valence-electron chi connectivity index (χ1n) is 8.86. The zero-order valence-corrected chi connectivity index (χ0v) is 15.4. The van der Waals surface area contributed by atoms with Crippen LogP contribution in [0.5, 0.6) is 0 Å². The predicted octanol–water partition coefficient (Wildman–Crippen LogP) is 2.16. The van der Waals surface area contributed by atoms with Crippen LogP contribution < -0.4 is 5.32 Å². The number of alkyl halides is 3. The van der Waals surface area contributed by atoms with E-state index < -0.39 is 12.1 Å². The number of hydrogen-bond acceptors (Lipinski definition) is 4. The number of halogens is 3. The summed E-state index contributed by atoms with van der Waals surface area (Å²) >= 11 is 0. The van der Waals surface area contributed by atoms with Gasteiger partial charge in [-0.3, -0.25) is 9.59 Å². The van der Waals surface area contributed by atoms with E-state index in [-0.39, 0.29) is 17.2 Å². The minimum atomic E-state index is -5.08. The van der Waals surface area contributed by atoms with E-state index in [9.17, 15) is 22.8 Å². The molecule has 0 radical (unpaired) electrons. The molecular weight excluding hydrogens is 379 g/mol. The summed E-state index contributed by atoms with van der Waals surface area (Å²) in [5.41, 5.74) is 1.11. The van der Waals surface area contributed by atoms with Crippen LogP contribution in [0.3, 0.4) is 0 Å². The van der Waals surface area contributed by atoms with E-state index in [0.717, 1.165) is 37.9 Å². The first-order valence-corrected chi connectivity index (χ1v) is 8.86. The first kappa shape index (κ1) is 21.6. The molecule has 2 N–H and O–H groups in total. The van der Waals surface area contributed by atoms with Crippen molar-refractivity contribution in [1.82, 2.24) is 15.2 Å². The molecule has 3 rings (SSSR count). The van der Waals surface area contributed by atoms with Crippen molar-refractivity contribution in [3.05, 3.63) is 29.6 Å². The third kappa shape index (κ3) is 5.20. The summed E-state index contributed by atoms with van der Waals surface area (Å²) in [6.07, 6.45) is -1.57. The lowest BCUT2D eigenvalue weighted by Gasteiger charge is -2.42. The molecule has 2 saturated heterocycles. The van der Waals surface area contributed by atoms with E-state index in [0.29, 0.717) is 18.8 Å². The molecule has 7 nitrogen and oxygen atoms in total. The van der Waals surface area contributed by atoms with Crippen molar-refractivity contribution < 1.29 is 32.7 Å². The number of carboxylic acid groups (broad SMARTS) is 1. The van der Waals surface area contributed by atoms with E-state index in [4.69, 9.17) is 9.90 Å². The maximum Gasteiger partial charge on any atom is 0.490 e. The molecule has 1 aromatic rings. The van der Waals surface area contributed by atoms with E-state index >= 15 is 0 Å². The van der Waals surface area contributed by atoms with Crippen molar-refractivity contribution in [2.45, 2.75) is 38.8 Å². The zero-order valence-electron chi connectivity index (χ0n) is 15.4. The Hall–Kier alpha value is -2.65. The predicted molar refractivity (Wildman–Crippen MR) is 92.5 cm³/mol. The number of pyridine rings is 1. The Labute approximate surface area is 159 Å². The maximum absolute atomic E-state index is 12.5. The molecular formula is C18H22F3N3O4. The highest BCUT2D eigenvalue weighted by Gasteiger charge is 2.43. The number of likely N-dealkylation sites (tertiary alicyclic amines) is 1. The number of hydrogen-bond donors (Lipinski definition) is 2. The number of nitrogens with zero attached hydrogens (tertiary/aromatic N) is 2. The minimum Gasteiger partial charge on any atom is -0.475 e. The molecule has 2 amide bonds. The Bertz CT molecular complexity index is 744. The van der Waals surface area contributed by atoms with Crippen LogP contribution in [0.25, 0.3) is 0 Å². The monoisotopic (exact) mass is 401 g/mol. The smallest absolute Gasteiger partial charge is 0.475 e. The summed E-state index contributed by atoms with van der Waals surface area (Å²) in [7, 11) is 0. The fourth-order valence-electron chi connectivity index (χ4n) is 3.37. The van der Waals surface area contributed by atoms with Gasteiger partial charge in [0.15, 0.2) is 0 Å². The molecule has 0 aliphatic carbocycles. The summed E-state index contributed by atoms with van der Waals surface area (Å²) in [6.45, 7) is 3.95. The molecule has 0 unspecified atom stereocenters. The highest BCUT2D eigenvalue weighted by molar-refractivity contribution is 5.92. The van der Waals surface area contributed by atoms with Crippen molar-refractivity contribution >= 4 is 17.8 Å². The van der Waals surface area contributed by atoms with Gasteiger partial charge in [-0.1, -0.05) is 6.07 Å². The van der Waals surface area contributed by atoms with Crippen LogP contribution in [0.2, 0.25) is 0 Å². The van der Waals surface area contributed by atoms with Gasteiger partial charge in [0.25, 0.3) is 5.91 Å². The lowest BCUT2D eigenvalue weighted by Crippen LogP contribution is -2.52. The van der Waals surface area contributed by atoms with Gasteiger partial charge in [0, 0.05) is 25.3 Å². The van der Waals surface area contributed by atoms with Crippen LogP contribution >= 0.6 is 0 Å². The molecule has 2 aliphatic rings. The molecule has 0 bridgehead atoms. The van der Waals surface area contributed by atoms with Gasteiger partial charge in [-0.25, -0.2) is 9.78 Å². The van der Waals surface area contributed by atoms with Gasteiger partial charge in [0.1, 0.15) is 5.69 Å². The maximum atomic E-state index is 12.5. The lowest BCUT2D eigenvalue weighted by atomic mass is 9.72. The number of rotatable bonds is 1. The molecule has 154 valence electrons. The number of piperidine rings is 2. The molecule has 0 aromatic carbocycles. The van der Waals surface area contributed by atoms with Crippen molar-refractivity contribution in [2.24, 2.45) is 5.41 Å². The second-order valence-electron chi connectivity index (χ2n) is 6.90. The molecule has 1 spiro atoms. The third-order valence-corrected chi connectivity index (χ3v) is 4.96. The largest absolute Gasteiger partial charge is 0.490 e. The second kappa shape index (κ2) is 8.57. The van der Waals surface area contributed by atoms with Crippen LogP contribution in [-0.2, 0) is 9.59 Å². The van der Waals surface area contributed by atoms with Gasteiger partial charge >= 0.3 is 12.1 Å². The molecule has 2 aliphatic heterocycles. The number of aliphatic carboxylic acids is 1. The van der Waals surface area contributed by atoms with Crippen molar-refractivity contribution in [2.75, 3.05) is 19.6 Å². The van der Waals surface area contributed by atoms with Crippen molar-refractivity contribution in [1.29, 1.82) is 0 Å². The third-order valence-electron chi connectivity index (χ3n) is 4.96. The fraction of sp³-hybridized carbons (Fsp3) is 0.556. The molecule has 2 fully saturated rings. The summed E-state index contributed by atoms with van der Waals surface area (Å²) in [6, 6.07) is 5.50. The molecule has 1 aromatic heterocycles. The Morgan fingerprint density at radius 3 is 2.32 bits per heavy atom. The standard InChI is InChI=1S/C16H21N3O2.C2HF3O2/c1-12-4-2-5-13(18-12)14(20)19-10-7-16(8-11-19)6-3-9-17-15(16)21;3-2(4,5)1(6)7/h2,4-5H,3,6-11H2,1H3,(H,17,21);(H,6,7). The van der Waals surface area contributed by atoms with Crippen LogP contribution in [0.1, 0.15) is 41.9 Å². The number of amides is 2. The second-order valence-corrected chi connectivity index (χ2v) is 6.90. The molecule has 0 atom stereocenters. The fourth-order valence-corrected chi connectivity index (χ4v) is 3.37. The number of carboxylic acids is 1. The van der Waals surface area contributed by atoms with Crippen LogP contribution in [-0.4, -0.2) is 58.6 Å². The Kier molecular flexibility index (Phi) is 6.63. The number of aromatic nitrogens is 1. The molecule has 10 heteroatoms. The Morgan fingerprint density at radius 2 is 1.82 bits per heavy atom. The number of carbonyl (C=O) groups is 3. The average Bonchev–Trinajstić information content (AvgIpc) is 2.64. The minimum absolute atomic E-state index is 0.0234. The highest BCUT2D eigenvalue weighted by Crippen LogP contribution is 2.38. The van der Waals surface area contributed by atoms with E-state index in [1.807, 2.05) is 24.0 Å².